The van der Waals surface area contributed by atoms with Gasteiger partial charge in [-0.3, -0.25) is 4.79 Å². The van der Waals surface area contributed by atoms with Gasteiger partial charge < -0.3 is 14.3 Å². The van der Waals surface area contributed by atoms with E-state index in [1.165, 1.54) is 0 Å². The van der Waals surface area contributed by atoms with Gasteiger partial charge >= 0.3 is 5.97 Å². The van der Waals surface area contributed by atoms with Crippen LogP contribution in [0.2, 0.25) is 0 Å². The van der Waals surface area contributed by atoms with Gasteiger partial charge in [-0.05, 0) is 24.6 Å². The molecule has 0 aliphatic carbocycles. The largest absolute Gasteiger partial charge is 0.497 e. The Morgan fingerprint density at radius 2 is 2.29 bits per heavy atom. The number of aliphatic carboxylic acids is 1. The molecular weight excluding hydrogens is 220 g/mol. The molecule has 0 fully saturated rings. The van der Waals surface area contributed by atoms with Gasteiger partial charge in [0.1, 0.15) is 11.5 Å². The molecule has 1 heterocycles. The minimum absolute atomic E-state index is 0.165. The van der Waals surface area contributed by atoms with Crippen LogP contribution in [0.1, 0.15) is 18.6 Å². The van der Waals surface area contributed by atoms with Gasteiger partial charge in [-0.25, -0.2) is 0 Å². The maximum atomic E-state index is 10.4. The SMILES string of the molecule is COc1ccc2c(CCCC(=O)O)occ2c1. The van der Waals surface area contributed by atoms with Gasteiger partial charge in [-0.2, -0.15) is 0 Å². The topological polar surface area (TPSA) is 59.7 Å². The smallest absolute Gasteiger partial charge is 0.303 e. The second-order valence-corrected chi connectivity index (χ2v) is 3.86. The third-order valence-corrected chi connectivity index (χ3v) is 2.68. The van der Waals surface area contributed by atoms with Crippen LogP contribution >= 0.6 is 0 Å². The monoisotopic (exact) mass is 234 g/mol. The number of hydrogen-bond donors (Lipinski definition) is 1. The standard InChI is InChI=1S/C13H14O4/c1-16-10-5-6-11-9(7-10)8-17-12(11)3-2-4-13(14)15/h5-8H,2-4H2,1H3,(H,14,15). The Kier molecular flexibility index (Phi) is 3.32. The van der Waals surface area contributed by atoms with Crippen molar-refractivity contribution in [1.29, 1.82) is 0 Å². The normalized spacial score (nSPS) is 10.6. The lowest BCUT2D eigenvalue weighted by Crippen LogP contribution is -1.95. The first-order valence-electron chi connectivity index (χ1n) is 5.46. The maximum absolute atomic E-state index is 10.4. The summed E-state index contributed by atoms with van der Waals surface area (Å²) >= 11 is 0. The Balaban J connectivity index is 2.16. The van der Waals surface area contributed by atoms with Crippen LogP contribution in [-0.2, 0) is 11.2 Å². The van der Waals surface area contributed by atoms with Crippen LogP contribution in [0.5, 0.6) is 5.75 Å². The van der Waals surface area contributed by atoms with Crippen molar-refractivity contribution in [3.8, 4) is 5.75 Å². The maximum Gasteiger partial charge on any atom is 0.303 e. The first-order valence-corrected chi connectivity index (χ1v) is 5.46. The van der Waals surface area contributed by atoms with E-state index in [0.717, 1.165) is 22.3 Å². The molecule has 0 aliphatic heterocycles. The number of carboxylic acids is 1. The lowest BCUT2D eigenvalue weighted by atomic mass is 10.1. The van der Waals surface area contributed by atoms with E-state index >= 15 is 0 Å². The van der Waals surface area contributed by atoms with E-state index in [9.17, 15) is 4.79 Å². The minimum atomic E-state index is -0.775. The number of carboxylic acid groups (broad SMARTS) is 1. The fourth-order valence-corrected chi connectivity index (χ4v) is 1.81. The van der Waals surface area contributed by atoms with Crippen LogP contribution in [0.4, 0.5) is 0 Å². The zero-order chi connectivity index (χ0) is 12.3. The lowest BCUT2D eigenvalue weighted by molar-refractivity contribution is -0.137. The van der Waals surface area contributed by atoms with Gasteiger partial charge in [0.25, 0.3) is 0 Å². The molecule has 0 amide bonds. The van der Waals surface area contributed by atoms with Crippen LogP contribution in [-0.4, -0.2) is 18.2 Å². The first kappa shape index (κ1) is 11.5. The Labute approximate surface area is 98.8 Å². The van der Waals surface area contributed by atoms with Crippen molar-refractivity contribution >= 4 is 16.7 Å². The first-order chi connectivity index (χ1) is 8.20. The van der Waals surface area contributed by atoms with Crippen LogP contribution in [0.3, 0.4) is 0 Å². The van der Waals surface area contributed by atoms with Gasteiger partial charge in [0, 0.05) is 23.6 Å². The Morgan fingerprint density at radius 1 is 1.47 bits per heavy atom. The Hall–Kier alpha value is -1.97. The fourth-order valence-electron chi connectivity index (χ4n) is 1.81. The summed E-state index contributed by atoms with van der Waals surface area (Å²) in [7, 11) is 1.62. The summed E-state index contributed by atoms with van der Waals surface area (Å²) in [5.41, 5.74) is 0. The molecule has 2 aromatic rings. The molecule has 1 aromatic carbocycles. The number of methoxy groups -OCH3 is 1. The highest BCUT2D eigenvalue weighted by atomic mass is 16.5. The number of ether oxygens (including phenoxy) is 1. The number of aryl methyl sites for hydroxylation is 1. The lowest BCUT2D eigenvalue weighted by Gasteiger charge is -1.99. The molecular formula is C13H14O4. The summed E-state index contributed by atoms with van der Waals surface area (Å²) in [6.07, 6.45) is 3.07. The van der Waals surface area contributed by atoms with Crippen molar-refractivity contribution in [2.75, 3.05) is 7.11 Å². The average molecular weight is 234 g/mol. The van der Waals surface area contributed by atoms with Gasteiger partial charge in [-0.1, -0.05) is 0 Å². The highest BCUT2D eigenvalue weighted by Crippen LogP contribution is 2.26. The molecule has 0 atom stereocenters. The second-order valence-electron chi connectivity index (χ2n) is 3.86. The molecule has 4 nitrogen and oxygen atoms in total. The number of hydrogen-bond acceptors (Lipinski definition) is 3. The predicted octanol–water partition coefficient (Wildman–Crippen LogP) is 2.85. The van der Waals surface area contributed by atoms with Gasteiger partial charge in [-0.15, -0.1) is 0 Å². The van der Waals surface area contributed by atoms with Crippen LogP contribution < -0.4 is 4.74 Å². The number of rotatable bonds is 5. The summed E-state index contributed by atoms with van der Waals surface area (Å²) in [5, 5.41) is 10.6. The molecule has 17 heavy (non-hydrogen) atoms. The van der Waals surface area contributed by atoms with E-state index < -0.39 is 5.97 Å². The molecule has 4 heteroatoms. The molecule has 0 radical (unpaired) electrons. The minimum Gasteiger partial charge on any atom is -0.497 e. The third-order valence-electron chi connectivity index (χ3n) is 2.68. The summed E-state index contributed by atoms with van der Waals surface area (Å²) in [4.78, 5) is 10.4. The van der Waals surface area contributed by atoms with E-state index in [2.05, 4.69) is 0 Å². The molecule has 0 spiro atoms. The van der Waals surface area contributed by atoms with Crippen LogP contribution in [0.15, 0.2) is 28.9 Å². The molecule has 90 valence electrons. The van der Waals surface area contributed by atoms with Crippen molar-refractivity contribution in [3.05, 3.63) is 30.2 Å². The Bertz CT molecular complexity index is 527. The Morgan fingerprint density at radius 3 is 3.00 bits per heavy atom. The van der Waals surface area contributed by atoms with Gasteiger partial charge in [0.2, 0.25) is 0 Å². The number of fused-ring (bicyclic) bond motifs is 1. The van der Waals surface area contributed by atoms with Gasteiger partial charge in [0.15, 0.2) is 0 Å². The van der Waals surface area contributed by atoms with Crippen molar-refractivity contribution in [3.63, 3.8) is 0 Å². The summed E-state index contributed by atoms with van der Waals surface area (Å²) < 4.78 is 10.6. The van der Waals surface area contributed by atoms with Crippen molar-refractivity contribution in [2.24, 2.45) is 0 Å². The highest BCUT2D eigenvalue weighted by molar-refractivity contribution is 5.85. The average Bonchev–Trinajstić information content (AvgIpc) is 2.71. The summed E-state index contributed by atoms with van der Waals surface area (Å²) in [6.45, 7) is 0. The predicted molar refractivity (Wildman–Crippen MR) is 63.3 cm³/mol. The quantitative estimate of drug-likeness (QED) is 0.864. The molecule has 1 aromatic heterocycles. The molecule has 0 aliphatic rings. The van der Waals surface area contributed by atoms with Crippen molar-refractivity contribution < 1.29 is 19.1 Å². The molecule has 0 unspecified atom stereocenters. The van der Waals surface area contributed by atoms with E-state index in [1.807, 2.05) is 18.2 Å². The molecule has 0 saturated heterocycles. The summed E-state index contributed by atoms with van der Waals surface area (Å²) in [6, 6.07) is 5.71. The number of carbonyl (C=O) groups is 1. The number of benzene rings is 1. The van der Waals surface area contributed by atoms with Crippen molar-refractivity contribution in [1.82, 2.24) is 0 Å². The van der Waals surface area contributed by atoms with Gasteiger partial charge in [0.05, 0.1) is 13.4 Å². The summed E-state index contributed by atoms with van der Waals surface area (Å²) in [5.74, 6) is 0.849. The molecule has 2 rings (SSSR count). The molecule has 0 saturated carbocycles. The van der Waals surface area contributed by atoms with E-state index in [0.29, 0.717) is 12.8 Å². The molecule has 0 bridgehead atoms. The highest BCUT2D eigenvalue weighted by Gasteiger charge is 2.07. The third kappa shape index (κ3) is 2.58. The van der Waals surface area contributed by atoms with Crippen molar-refractivity contribution in [2.45, 2.75) is 19.3 Å². The van der Waals surface area contributed by atoms with Crippen LogP contribution in [0, 0.1) is 0 Å². The van der Waals surface area contributed by atoms with E-state index in [1.54, 1.807) is 13.4 Å². The zero-order valence-electron chi connectivity index (χ0n) is 9.60. The second kappa shape index (κ2) is 4.91. The van der Waals surface area contributed by atoms with E-state index in [-0.39, 0.29) is 6.42 Å². The number of furan rings is 1. The van der Waals surface area contributed by atoms with E-state index in [4.69, 9.17) is 14.3 Å². The molecule has 1 N–H and O–H groups in total. The fraction of sp³-hybridized carbons (Fsp3) is 0.308. The zero-order valence-corrected chi connectivity index (χ0v) is 9.60. The van der Waals surface area contributed by atoms with Crippen LogP contribution in [0.25, 0.3) is 10.8 Å².